The van der Waals surface area contributed by atoms with Crippen molar-refractivity contribution >= 4 is 16.9 Å². The maximum absolute atomic E-state index is 14.0. The summed E-state index contributed by atoms with van der Waals surface area (Å²) in [5, 5.41) is 0.0880. The van der Waals surface area contributed by atoms with Gasteiger partial charge in [-0.3, -0.25) is 9.59 Å². The first-order valence-electron chi connectivity index (χ1n) is 11.9. The van der Waals surface area contributed by atoms with Gasteiger partial charge in [0.2, 0.25) is 5.76 Å². The number of benzene rings is 3. The highest BCUT2D eigenvalue weighted by Crippen LogP contribution is 2.41. The third kappa shape index (κ3) is 4.68. The molecular weight excluding hydrogens is 477 g/mol. The Morgan fingerprint density at radius 2 is 1.78 bits per heavy atom. The van der Waals surface area contributed by atoms with E-state index < -0.39 is 23.2 Å². The summed E-state index contributed by atoms with van der Waals surface area (Å²) in [5.41, 5.74) is 1.56. The Bertz CT molecular complexity index is 1500. The number of rotatable bonds is 9. The molecule has 1 aliphatic heterocycles. The van der Waals surface area contributed by atoms with Gasteiger partial charge in [-0.2, -0.15) is 0 Å². The molecule has 5 rings (SSSR count). The smallest absolute Gasteiger partial charge is 0.290 e. The van der Waals surface area contributed by atoms with Gasteiger partial charge in [0, 0.05) is 20.3 Å². The molecule has 1 aromatic heterocycles. The molecule has 2 heterocycles. The predicted molar refractivity (Wildman–Crippen MR) is 136 cm³/mol. The number of fused-ring (bicyclic) bond motifs is 2. The fraction of sp³-hybridized carbons (Fsp3) is 0.241. The molecule has 0 bridgehead atoms. The normalized spacial score (nSPS) is 14.7. The Morgan fingerprint density at radius 3 is 2.54 bits per heavy atom. The zero-order valence-electron chi connectivity index (χ0n) is 20.5. The molecule has 0 saturated heterocycles. The number of hydrogen-bond acceptors (Lipinski definition) is 6. The van der Waals surface area contributed by atoms with Crippen LogP contribution in [0.5, 0.6) is 11.5 Å². The maximum atomic E-state index is 14.0. The van der Waals surface area contributed by atoms with Crippen LogP contribution in [-0.2, 0) is 11.3 Å². The molecule has 7 nitrogen and oxygen atoms in total. The first kappa shape index (κ1) is 24.5. The third-order valence-electron chi connectivity index (χ3n) is 6.42. The molecule has 0 N–H and O–H groups in total. The van der Waals surface area contributed by atoms with Gasteiger partial charge in [-0.25, -0.2) is 4.39 Å². The number of carbonyl (C=O) groups is 1. The summed E-state index contributed by atoms with van der Waals surface area (Å²) in [6.07, 6.45) is 0.560. The van der Waals surface area contributed by atoms with E-state index in [0.29, 0.717) is 43.2 Å². The van der Waals surface area contributed by atoms with Crippen LogP contribution in [-0.4, -0.2) is 38.2 Å². The summed E-state index contributed by atoms with van der Waals surface area (Å²) in [6, 6.07) is 18.0. The Morgan fingerprint density at radius 1 is 0.973 bits per heavy atom. The van der Waals surface area contributed by atoms with Gasteiger partial charge in [0.15, 0.2) is 16.9 Å². The molecule has 37 heavy (non-hydrogen) atoms. The fourth-order valence-electron chi connectivity index (χ4n) is 4.66. The molecule has 190 valence electrons. The van der Waals surface area contributed by atoms with Crippen LogP contribution in [0.2, 0.25) is 0 Å². The lowest BCUT2D eigenvalue weighted by Gasteiger charge is -2.25. The maximum Gasteiger partial charge on any atom is 0.290 e. The van der Waals surface area contributed by atoms with Gasteiger partial charge >= 0.3 is 0 Å². The Hall–Kier alpha value is -4.17. The molecule has 0 aliphatic carbocycles. The minimum absolute atomic E-state index is 0.0325. The van der Waals surface area contributed by atoms with Crippen molar-refractivity contribution in [3.8, 4) is 11.5 Å². The zero-order chi connectivity index (χ0) is 25.9. The van der Waals surface area contributed by atoms with Crippen LogP contribution in [0, 0.1) is 5.82 Å². The van der Waals surface area contributed by atoms with E-state index in [0.717, 1.165) is 11.6 Å². The van der Waals surface area contributed by atoms with Crippen molar-refractivity contribution in [2.45, 2.75) is 19.1 Å². The predicted octanol–water partition coefficient (Wildman–Crippen LogP) is 5.10. The molecule has 4 aromatic rings. The van der Waals surface area contributed by atoms with Crippen molar-refractivity contribution in [1.82, 2.24) is 4.90 Å². The van der Waals surface area contributed by atoms with Crippen LogP contribution in [0.15, 0.2) is 75.9 Å². The Labute approximate surface area is 213 Å². The van der Waals surface area contributed by atoms with E-state index in [9.17, 15) is 14.0 Å². The lowest BCUT2D eigenvalue weighted by Crippen LogP contribution is -2.31. The largest absolute Gasteiger partial charge is 0.493 e. The standard InChI is InChI=1S/C29H26FNO6/c1-34-14-6-13-31-26(25-27(32)21-16-20(30)10-12-22(21)37-28(25)29(31)33)19-9-11-23(24(15-19)35-2)36-17-18-7-4-3-5-8-18/h3-5,7-12,15-16,26H,6,13-14,17H2,1-2H3. The van der Waals surface area contributed by atoms with Crippen LogP contribution >= 0.6 is 0 Å². The average Bonchev–Trinajstić information content (AvgIpc) is 3.20. The van der Waals surface area contributed by atoms with E-state index in [1.165, 1.54) is 19.2 Å². The lowest BCUT2D eigenvalue weighted by atomic mass is 9.98. The molecule has 0 saturated carbocycles. The second-order valence-corrected chi connectivity index (χ2v) is 8.75. The number of carbonyl (C=O) groups excluding carboxylic acids is 1. The number of methoxy groups -OCH3 is 2. The number of halogens is 1. The SMILES string of the molecule is COCCCN1C(=O)c2oc3ccc(F)cc3c(=O)c2C1c1ccc(OCc2ccccc2)c(OC)c1. The van der Waals surface area contributed by atoms with Crippen LogP contribution < -0.4 is 14.9 Å². The van der Waals surface area contributed by atoms with Gasteiger partial charge in [-0.05, 0) is 47.9 Å². The van der Waals surface area contributed by atoms with E-state index in [-0.39, 0.29) is 22.3 Å². The van der Waals surface area contributed by atoms with Crippen LogP contribution in [0.25, 0.3) is 11.0 Å². The quantitative estimate of drug-likeness (QED) is 0.296. The van der Waals surface area contributed by atoms with Crippen molar-refractivity contribution in [1.29, 1.82) is 0 Å². The van der Waals surface area contributed by atoms with Gasteiger partial charge in [-0.15, -0.1) is 0 Å². The van der Waals surface area contributed by atoms with Gasteiger partial charge in [0.1, 0.15) is 18.0 Å². The Kier molecular flexibility index (Phi) is 6.92. The number of ether oxygens (including phenoxy) is 3. The highest BCUT2D eigenvalue weighted by Gasteiger charge is 2.42. The number of nitrogens with zero attached hydrogens (tertiary/aromatic N) is 1. The van der Waals surface area contributed by atoms with Crippen molar-refractivity contribution in [3.63, 3.8) is 0 Å². The first-order chi connectivity index (χ1) is 18.0. The van der Waals surface area contributed by atoms with Crippen LogP contribution in [0.4, 0.5) is 4.39 Å². The second-order valence-electron chi connectivity index (χ2n) is 8.75. The van der Waals surface area contributed by atoms with E-state index in [1.807, 2.05) is 30.3 Å². The topological polar surface area (TPSA) is 78.2 Å². The van der Waals surface area contributed by atoms with Crippen LogP contribution in [0.3, 0.4) is 0 Å². The van der Waals surface area contributed by atoms with Gasteiger partial charge in [0.05, 0.1) is 24.1 Å². The monoisotopic (exact) mass is 503 g/mol. The first-order valence-corrected chi connectivity index (χ1v) is 11.9. The molecule has 1 aliphatic rings. The summed E-state index contributed by atoms with van der Waals surface area (Å²) in [7, 11) is 3.12. The van der Waals surface area contributed by atoms with Crippen LogP contribution in [0.1, 0.15) is 39.7 Å². The highest BCUT2D eigenvalue weighted by atomic mass is 19.1. The molecule has 8 heteroatoms. The van der Waals surface area contributed by atoms with E-state index in [2.05, 4.69) is 0 Å². The Balaban J connectivity index is 1.57. The third-order valence-corrected chi connectivity index (χ3v) is 6.42. The summed E-state index contributed by atoms with van der Waals surface area (Å²) >= 11 is 0. The average molecular weight is 504 g/mol. The molecular formula is C29H26FNO6. The van der Waals surface area contributed by atoms with E-state index >= 15 is 0 Å². The van der Waals surface area contributed by atoms with Gasteiger partial charge < -0.3 is 23.5 Å². The van der Waals surface area contributed by atoms with Crippen molar-refractivity contribution < 1.29 is 27.8 Å². The van der Waals surface area contributed by atoms with Gasteiger partial charge in [-0.1, -0.05) is 36.4 Å². The van der Waals surface area contributed by atoms with Crippen molar-refractivity contribution in [3.05, 3.63) is 105 Å². The minimum Gasteiger partial charge on any atom is -0.493 e. The molecule has 3 aromatic carbocycles. The van der Waals surface area contributed by atoms with Crippen molar-refractivity contribution in [2.75, 3.05) is 27.4 Å². The molecule has 1 amide bonds. The zero-order valence-corrected chi connectivity index (χ0v) is 20.5. The fourth-order valence-corrected chi connectivity index (χ4v) is 4.66. The summed E-state index contributed by atoms with van der Waals surface area (Å²) < 4.78 is 36.6. The molecule has 0 fully saturated rings. The highest BCUT2D eigenvalue weighted by molar-refractivity contribution is 5.99. The summed E-state index contributed by atoms with van der Waals surface area (Å²) in [6.45, 7) is 1.13. The molecule has 0 radical (unpaired) electrons. The summed E-state index contributed by atoms with van der Waals surface area (Å²) in [5.74, 6) is -0.00236. The molecule has 1 unspecified atom stereocenters. The second kappa shape index (κ2) is 10.4. The van der Waals surface area contributed by atoms with E-state index in [1.54, 1.807) is 30.2 Å². The minimum atomic E-state index is -0.736. The number of amides is 1. The van der Waals surface area contributed by atoms with Crippen molar-refractivity contribution in [2.24, 2.45) is 0 Å². The lowest BCUT2D eigenvalue weighted by molar-refractivity contribution is 0.0707. The summed E-state index contributed by atoms with van der Waals surface area (Å²) in [4.78, 5) is 28.6. The number of hydrogen-bond donors (Lipinski definition) is 0. The molecule has 1 atom stereocenters. The van der Waals surface area contributed by atoms with E-state index in [4.69, 9.17) is 18.6 Å². The molecule has 0 spiro atoms. The van der Waals surface area contributed by atoms with Gasteiger partial charge in [0.25, 0.3) is 5.91 Å².